The van der Waals surface area contributed by atoms with Crippen molar-refractivity contribution in [1.82, 2.24) is 8.61 Å². The quantitative estimate of drug-likeness (QED) is 0.881. The van der Waals surface area contributed by atoms with E-state index in [0.717, 1.165) is 16.3 Å². The van der Waals surface area contributed by atoms with Crippen LogP contribution in [0.5, 0.6) is 0 Å². The molecule has 1 fully saturated rings. The Morgan fingerprint density at radius 1 is 1.21 bits per heavy atom. The van der Waals surface area contributed by atoms with Crippen LogP contribution in [0.1, 0.15) is 25.8 Å². The van der Waals surface area contributed by atoms with Gasteiger partial charge in [0.1, 0.15) is 0 Å². The second-order valence-electron chi connectivity index (χ2n) is 6.94. The molecule has 0 aromatic heterocycles. The predicted octanol–water partition coefficient (Wildman–Crippen LogP) is 2.09. The number of hydrogen-bond acceptors (Lipinski definition) is 3. The number of likely N-dealkylation sites (N-methyl/N-ethyl adjacent to an activating group) is 1. The highest BCUT2D eigenvalue weighted by atomic mass is 32.2. The number of hydrogen-bond donors (Lipinski definition) is 1. The number of carbonyl (C=O) groups excluding carboxylic acids is 1. The Labute approximate surface area is 145 Å². The largest absolute Gasteiger partial charge is 0.325 e. The lowest BCUT2D eigenvalue weighted by molar-refractivity contribution is -0.116. The highest BCUT2D eigenvalue weighted by Crippen LogP contribution is 2.24. The van der Waals surface area contributed by atoms with Crippen molar-refractivity contribution in [3.8, 4) is 0 Å². The summed E-state index contributed by atoms with van der Waals surface area (Å²) in [5, 5.41) is 2.73. The maximum atomic E-state index is 12.7. The van der Waals surface area contributed by atoms with Crippen LogP contribution in [0.4, 0.5) is 5.69 Å². The van der Waals surface area contributed by atoms with E-state index in [4.69, 9.17) is 0 Å². The fourth-order valence-corrected chi connectivity index (χ4v) is 4.67. The van der Waals surface area contributed by atoms with Crippen LogP contribution in [0.25, 0.3) is 0 Å². The van der Waals surface area contributed by atoms with E-state index in [1.165, 1.54) is 11.4 Å². The minimum atomic E-state index is -3.62. The first-order valence-corrected chi connectivity index (χ1v) is 9.66. The van der Waals surface area contributed by atoms with Crippen molar-refractivity contribution < 1.29 is 13.2 Å². The summed E-state index contributed by atoms with van der Waals surface area (Å²) in [6.07, 6.45) is 1.03. The molecule has 0 radical (unpaired) electrons. The molecule has 1 aliphatic rings. The lowest BCUT2D eigenvalue weighted by Gasteiger charge is -2.36. The van der Waals surface area contributed by atoms with Gasteiger partial charge in [-0.15, -0.1) is 0 Å². The lowest BCUT2D eigenvalue weighted by Crippen LogP contribution is -2.49. The Bertz CT molecular complexity index is 663. The smallest absolute Gasteiger partial charge is 0.282 e. The molecule has 1 aromatic rings. The van der Waals surface area contributed by atoms with Gasteiger partial charge in [-0.3, -0.25) is 4.79 Å². The summed E-state index contributed by atoms with van der Waals surface area (Å²) in [6, 6.07) is 7.39. The molecule has 2 rings (SSSR count). The summed E-state index contributed by atoms with van der Waals surface area (Å²) >= 11 is 0. The van der Waals surface area contributed by atoms with E-state index < -0.39 is 10.2 Å². The zero-order valence-electron chi connectivity index (χ0n) is 14.8. The van der Waals surface area contributed by atoms with Crippen LogP contribution < -0.4 is 5.32 Å². The summed E-state index contributed by atoms with van der Waals surface area (Å²) in [5.41, 5.74) is 1.76. The number of amides is 1. The first-order chi connectivity index (χ1) is 11.2. The van der Waals surface area contributed by atoms with E-state index >= 15 is 0 Å². The normalized spacial score (nSPS) is 22.5. The average molecular weight is 353 g/mol. The summed E-state index contributed by atoms with van der Waals surface area (Å²) < 4.78 is 28.0. The van der Waals surface area contributed by atoms with E-state index in [9.17, 15) is 13.2 Å². The Balaban J connectivity index is 1.98. The van der Waals surface area contributed by atoms with Gasteiger partial charge in [-0.2, -0.15) is 17.0 Å². The van der Waals surface area contributed by atoms with Crippen molar-refractivity contribution in [1.29, 1.82) is 0 Å². The minimum Gasteiger partial charge on any atom is -0.325 e. The van der Waals surface area contributed by atoms with Gasteiger partial charge < -0.3 is 5.32 Å². The summed E-state index contributed by atoms with van der Waals surface area (Å²) in [7, 11) is -2.16. The maximum Gasteiger partial charge on any atom is 0.282 e. The molecule has 24 heavy (non-hydrogen) atoms. The van der Waals surface area contributed by atoms with E-state index in [1.807, 2.05) is 19.1 Å². The predicted molar refractivity (Wildman–Crippen MR) is 95.9 cm³/mol. The van der Waals surface area contributed by atoms with Gasteiger partial charge in [-0.05, 0) is 37.3 Å². The number of benzene rings is 1. The Kier molecular flexibility index (Phi) is 6.01. The van der Waals surface area contributed by atoms with Crippen LogP contribution in [0.3, 0.4) is 0 Å². The van der Waals surface area contributed by atoms with Gasteiger partial charge in [0.2, 0.25) is 5.91 Å². The van der Waals surface area contributed by atoms with Gasteiger partial charge in [0.25, 0.3) is 10.2 Å². The van der Waals surface area contributed by atoms with E-state index in [1.54, 1.807) is 12.1 Å². The van der Waals surface area contributed by atoms with Gasteiger partial charge in [-0.25, -0.2) is 0 Å². The van der Waals surface area contributed by atoms with Crippen LogP contribution in [0, 0.1) is 18.8 Å². The zero-order valence-corrected chi connectivity index (χ0v) is 15.6. The fraction of sp³-hybridized carbons (Fsp3) is 0.588. The van der Waals surface area contributed by atoms with Crippen LogP contribution >= 0.6 is 0 Å². The van der Waals surface area contributed by atoms with Crippen LogP contribution in [0.15, 0.2) is 24.3 Å². The number of nitrogens with zero attached hydrogens (tertiary/aromatic N) is 2. The van der Waals surface area contributed by atoms with Crippen LogP contribution in [0.2, 0.25) is 0 Å². The third-order valence-corrected chi connectivity index (χ3v) is 6.12. The molecule has 2 atom stereocenters. The standard InChI is InChI=1S/C17H27N3O3S/c1-13-5-7-16(8-6-13)18-17(21)12-19(4)24(22,23)20-10-14(2)9-15(3)11-20/h5-8,14-15H,9-12H2,1-4H3,(H,18,21). The molecule has 7 heteroatoms. The monoisotopic (exact) mass is 353 g/mol. The molecule has 1 heterocycles. The Morgan fingerprint density at radius 3 is 2.29 bits per heavy atom. The van der Waals surface area contributed by atoms with Gasteiger partial charge in [0, 0.05) is 25.8 Å². The molecular weight excluding hydrogens is 326 g/mol. The lowest BCUT2D eigenvalue weighted by atomic mass is 9.94. The van der Waals surface area contributed by atoms with Gasteiger partial charge >= 0.3 is 0 Å². The molecule has 1 N–H and O–H groups in total. The molecule has 1 amide bonds. The molecule has 0 spiro atoms. The molecule has 0 saturated carbocycles. The SMILES string of the molecule is Cc1ccc(NC(=O)CN(C)S(=O)(=O)N2CC(C)CC(C)C2)cc1. The van der Waals surface area contributed by atoms with Crippen LogP contribution in [-0.4, -0.2) is 49.6 Å². The number of anilines is 1. The first-order valence-electron chi connectivity index (χ1n) is 8.26. The van der Waals surface area contributed by atoms with Crippen molar-refractivity contribution >= 4 is 21.8 Å². The molecule has 0 aliphatic carbocycles. The summed E-state index contributed by atoms with van der Waals surface area (Å²) in [4.78, 5) is 12.1. The van der Waals surface area contributed by atoms with Gasteiger partial charge in [0.05, 0.1) is 6.54 Å². The van der Waals surface area contributed by atoms with Crippen molar-refractivity contribution in [2.24, 2.45) is 11.8 Å². The number of aryl methyl sites for hydroxylation is 1. The third-order valence-electron chi connectivity index (χ3n) is 4.26. The Hall–Kier alpha value is -1.44. The van der Waals surface area contributed by atoms with E-state index in [0.29, 0.717) is 30.6 Å². The van der Waals surface area contributed by atoms with Crippen LogP contribution in [-0.2, 0) is 15.0 Å². The molecule has 134 valence electrons. The van der Waals surface area contributed by atoms with Gasteiger partial charge in [-0.1, -0.05) is 31.5 Å². The van der Waals surface area contributed by atoms with E-state index in [-0.39, 0.29) is 12.5 Å². The van der Waals surface area contributed by atoms with Crippen molar-refractivity contribution in [3.05, 3.63) is 29.8 Å². The number of piperidine rings is 1. The maximum absolute atomic E-state index is 12.7. The molecule has 1 aromatic carbocycles. The summed E-state index contributed by atoms with van der Waals surface area (Å²) in [5.74, 6) is 0.319. The molecular formula is C17H27N3O3S. The Morgan fingerprint density at radius 2 is 1.75 bits per heavy atom. The third kappa shape index (κ3) is 4.78. The first kappa shape index (κ1) is 18.9. The number of carbonyl (C=O) groups is 1. The highest BCUT2D eigenvalue weighted by molar-refractivity contribution is 7.86. The van der Waals surface area contributed by atoms with E-state index in [2.05, 4.69) is 19.2 Å². The number of rotatable bonds is 5. The van der Waals surface area contributed by atoms with Crippen molar-refractivity contribution in [2.45, 2.75) is 27.2 Å². The number of nitrogens with one attached hydrogen (secondary N) is 1. The summed E-state index contributed by atoms with van der Waals surface area (Å²) in [6.45, 7) is 6.90. The second-order valence-corrected chi connectivity index (χ2v) is 8.98. The molecule has 1 saturated heterocycles. The second kappa shape index (κ2) is 7.63. The highest BCUT2D eigenvalue weighted by Gasteiger charge is 2.33. The zero-order chi connectivity index (χ0) is 17.9. The average Bonchev–Trinajstić information content (AvgIpc) is 2.48. The molecule has 1 aliphatic heterocycles. The topological polar surface area (TPSA) is 69.7 Å². The minimum absolute atomic E-state index is 0.199. The van der Waals surface area contributed by atoms with Gasteiger partial charge in [0.15, 0.2) is 0 Å². The van der Waals surface area contributed by atoms with Crippen molar-refractivity contribution in [2.75, 3.05) is 32.0 Å². The fourth-order valence-electron chi connectivity index (χ4n) is 3.11. The molecule has 0 bridgehead atoms. The molecule has 2 unspecified atom stereocenters. The van der Waals surface area contributed by atoms with Crippen molar-refractivity contribution in [3.63, 3.8) is 0 Å². The molecule has 6 nitrogen and oxygen atoms in total.